The first-order valence-electron chi connectivity index (χ1n) is 9.79. The zero-order chi connectivity index (χ0) is 21.0. The molecule has 0 bridgehead atoms. The summed E-state index contributed by atoms with van der Waals surface area (Å²) in [6.07, 6.45) is 1.16. The number of nitrogens with one attached hydrogen (secondary N) is 2. The highest BCUT2D eigenvalue weighted by Gasteiger charge is 2.51. The standard InChI is InChI=1S/C23H26Cl2N2O2/c1-23(2)17(12-21(28)26-13-15-3-7-18(24)8-4-15)11-20(23)22(29)27-14-16-5-9-19(25)10-6-16/h3-10,17,20H,11-14H2,1-2H3,(H,26,28)(H,27,29)/t17-,20-/m0/s1. The molecule has 2 atom stereocenters. The Morgan fingerprint density at radius 1 is 0.897 bits per heavy atom. The maximum atomic E-state index is 12.6. The highest BCUT2D eigenvalue weighted by molar-refractivity contribution is 6.30. The van der Waals surface area contributed by atoms with Crippen LogP contribution in [0.25, 0.3) is 0 Å². The topological polar surface area (TPSA) is 58.2 Å². The van der Waals surface area contributed by atoms with Gasteiger partial charge in [0.15, 0.2) is 0 Å². The van der Waals surface area contributed by atoms with Crippen LogP contribution in [0.1, 0.15) is 37.8 Å². The molecule has 3 rings (SSSR count). The number of carbonyl (C=O) groups is 2. The molecular weight excluding hydrogens is 407 g/mol. The normalized spacial score (nSPS) is 19.9. The summed E-state index contributed by atoms with van der Waals surface area (Å²) in [7, 11) is 0. The average molecular weight is 433 g/mol. The lowest BCUT2D eigenvalue weighted by atomic mass is 9.53. The smallest absolute Gasteiger partial charge is 0.223 e. The number of amides is 2. The van der Waals surface area contributed by atoms with Crippen molar-refractivity contribution in [1.29, 1.82) is 0 Å². The molecule has 2 N–H and O–H groups in total. The molecular formula is C23H26Cl2N2O2. The van der Waals surface area contributed by atoms with Crippen LogP contribution in [0.4, 0.5) is 0 Å². The molecule has 1 aliphatic rings. The van der Waals surface area contributed by atoms with E-state index in [0.717, 1.165) is 17.5 Å². The van der Waals surface area contributed by atoms with E-state index < -0.39 is 0 Å². The summed E-state index contributed by atoms with van der Waals surface area (Å²) in [5.74, 6) is 0.170. The fourth-order valence-corrected chi connectivity index (χ4v) is 4.07. The van der Waals surface area contributed by atoms with Crippen molar-refractivity contribution >= 4 is 35.0 Å². The molecule has 2 aromatic carbocycles. The molecule has 4 nitrogen and oxygen atoms in total. The summed E-state index contributed by atoms with van der Waals surface area (Å²) >= 11 is 11.8. The Morgan fingerprint density at radius 3 is 1.86 bits per heavy atom. The van der Waals surface area contributed by atoms with Gasteiger partial charge in [-0.3, -0.25) is 9.59 Å². The fourth-order valence-electron chi connectivity index (χ4n) is 3.82. The summed E-state index contributed by atoms with van der Waals surface area (Å²) in [5, 5.41) is 7.32. The third-order valence-electron chi connectivity index (χ3n) is 6.00. The Kier molecular flexibility index (Phi) is 6.86. The molecule has 0 radical (unpaired) electrons. The second-order valence-electron chi connectivity index (χ2n) is 8.26. The van der Waals surface area contributed by atoms with Crippen molar-refractivity contribution in [2.24, 2.45) is 17.3 Å². The van der Waals surface area contributed by atoms with Crippen molar-refractivity contribution in [3.63, 3.8) is 0 Å². The second-order valence-corrected chi connectivity index (χ2v) is 9.13. The Bertz CT molecular complexity index is 863. The third kappa shape index (κ3) is 5.52. The van der Waals surface area contributed by atoms with Crippen LogP contribution in [0, 0.1) is 17.3 Å². The van der Waals surface area contributed by atoms with Crippen LogP contribution in [0.2, 0.25) is 10.0 Å². The van der Waals surface area contributed by atoms with Crippen LogP contribution < -0.4 is 10.6 Å². The third-order valence-corrected chi connectivity index (χ3v) is 6.51. The number of halogens is 2. The summed E-state index contributed by atoms with van der Waals surface area (Å²) in [5.41, 5.74) is 1.81. The van der Waals surface area contributed by atoms with Gasteiger partial charge in [0.1, 0.15) is 0 Å². The summed E-state index contributed by atoms with van der Waals surface area (Å²) in [6.45, 7) is 5.10. The molecule has 0 aliphatic heterocycles. The highest BCUT2D eigenvalue weighted by atomic mass is 35.5. The molecule has 29 heavy (non-hydrogen) atoms. The van der Waals surface area contributed by atoms with E-state index in [1.165, 1.54) is 0 Å². The zero-order valence-corrected chi connectivity index (χ0v) is 18.2. The number of benzene rings is 2. The van der Waals surface area contributed by atoms with E-state index in [2.05, 4.69) is 24.5 Å². The predicted octanol–water partition coefficient (Wildman–Crippen LogP) is 4.98. The molecule has 1 saturated carbocycles. The minimum Gasteiger partial charge on any atom is -0.352 e. The molecule has 0 unspecified atom stereocenters. The van der Waals surface area contributed by atoms with E-state index in [0.29, 0.717) is 29.6 Å². The monoisotopic (exact) mass is 432 g/mol. The molecule has 0 aromatic heterocycles. The number of rotatable bonds is 7. The molecule has 2 amide bonds. The van der Waals surface area contributed by atoms with Gasteiger partial charge in [-0.2, -0.15) is 0 Å². The maximum absolute atomic E-state index is 12.6. The van der Waals surface area contributed by atoms with Crippen LogP contribution in [-0.4, -0.2) is 11.8 Å². The predicted molar refractivity (Wildman–Crippen MR) is 117 cm³/mol. The first kappa shape index (κ1) is 21.7. The second kappa shape index (κ2) is 9.19. The summed E-state index contributed by atoms with van der Waals surface area (Å²) < 4.78 is 0. The van der Waals surface area contributed by atoms with Gasteiger partial charge in [-0.05, 0) is 53.1 Å². The molecule has 0 saturated heterocycles. The van der Waals surface area contributed by atoms with Crippen LogP contribution in [-0.2, 0) is 22.7 Å². The minimum absolute atomic E-state index is 0.0121. The lowest BCUT2D eigenvalue weighted by Crippen LogP contribution is -2.53. The van der Waals surface area contributed by atoms with Gasteiger partial charge < -0.3 is 10.6 Å². The Hall–Kier alpha value is -2.04. The number of hydrogen-bond donors (Lipinski definition) is 2. The molecule has 0 spiro atoms. The van der Waals surface area contributed by atoms with Crippen molar-refractivity contribution in [2.75, 3.05) is 0 Å². The van der Waals surface area contributed by atoms with Gasteiger partial charge in [0.2, 0.25) is 11.8 Å². The first-order chi connectivity index (χ1) is 13.8. The van der Waals surface area contributed by atoms with Crippen LogP contribution in [0.5, 0.6) is 0 Å². The van der Waals surface area contributed by atoms with E-state index >= 15 is 0 Å². The lowest BCUT2D eigenvalue weighted by molar-refractivity contribution is -0.144. The van der Waals surface area contributed by atoms with Crippen molar-refractivity contribution in [1.82, 2.24) is 10.6 Å². The largest absolute Gasteiger partial charge is 0.352 e. The van der Waals surface area contributed by atoms with Gasteiger partial charge in [0.05, 0.1) is 0 Å². The van der Waals surface area contributed by atoms with Gasteiger partial charge in [-0.25, -0.2) is 0 Å². The van der Waals surface area contributed by atoms with Crippen molar-refractivity contribution in [2.45, 2.75) is 39.8 Å². The highest BCUT2D eigenvalue weighted by Crippen LogP contribution is 2.52. The molecule has 1 aliphatic carbocycles. The fraction of sp³-hybridized carbons (Fsp3) is 0.391. The van der Waals surface area contributed by atoms with Crippen LogP contribution in [0.15, 0.2) is 48.5 Å². The molecule has 0 heterocycles. The minimum atomic E-state index is -0.207. The van der Waals surface area contributed by atoms with E-state index in [1.54, 1.807) is 0 Å². The Labute approximate surface area is 182 Å². The first-order valence-corrected chi connectivity index (χ1v) is 10.5. The van der Waals surface area contributed by atoms with E-state index in [-0.39, 0.29) is 29.1 Å². The van der Waals surface area contributed by atoms with Crippen molar-refractivity contribution < 1.29 is 9.59 Å². The number of hydrogen-bond acceptors (Lipinski definition) is 2. The van der Waals surface area contributed by atoms with E-state index in [1.807, 2.05) is 48.5 Å². The van der Waals surface area contributed by atoms with Gasteiger partial charge >= 0.3 is 0 Å². The van der Waals surface area contributed by atoms with Gasteiger partial charge in [-0.15, -0.1) is 0 Å². The maximum Gasteiger partial charge on any atom is 0.223 e. The Balaban J connectivity index is 1.44. The van der Waals surface area contributed by atoms with Crippen LogP contribution >= 0.6 is 23.2 Å². The Morgan fingerprint density at radius 2 is 1.38 bits per heavy atom. The van der Waals surface area contributed by atoms with Crippen molar-refractivity contribution in [3.8, 4) is 0 Å². The molecule has 6 heteroatoms. The molecule has 1 fully saturated rings. The lowest BCUT2D eigenvalue weighted by Gasteiger charge is -2.51. The van der Waals surface area contributed by atoms with Gasteiger partial charge in [0.25, 0.3) is 0 Å². The van der Waals surface area contributed by atoms with E-state index in [4.69, 9.17) is 23.2 Å². The van der Waals surface area contributed by atoms with Gasteiger partial charge in [-0.1, -0.05) is 61.3 Å². The van der Waals surface area contributed by atoms with Gasteiger partial charge in [0, 0.05) is 35.5 Å². The summed E-state index contributed by atoms with van der Waals surface area (Å²) in [6, 6.07) is 14.9. The summed E-state index contributed by atoms with van der Waals surface area (Å²) in [4.78, 5) is 24.9. The van der Waals surface area contributed by atoms with Crippen LogP contribution in [0.3, 0.4) is 0 Å². The quantitative estimate of drug-likeness (QED) is 0.647. The molecule has 154 valence electrons. The molecule has 2 aromatic rings. The zero-order valence-electron chi connectivity index (χ0n) is 16.7. The average Bonchev–Trinajstić information content (AvgIpc) is 2.69. The van der Waals surface area contributed by atoms with Crippen molar-refractivity contribution in [3.05, 3.63) is 69.7 Å². The number of carbonyl (C=O) groups excluding carboxylic acids is 2. The SMILES string of the molecule is CC1(C)[C@H](CC(=O)NCc2ccc(Cl)cc2)C[C@H]1C(=O)NCc1ccc(Cl)cc1. The van der Waals surface area contributed by atoms with E-state index in [9.17, 15) is 9.59 Å².